The van der Waals surface area contributed by atoms with Crippen LogP contribution in [0.2, 0.25) is 0 Å². The summed E-state index contributed by atoms with van der Waals surface area (Å²) in [5.74, 6) is 0.195. The van der Waals surface area contributed by atoms with Crippen LogP contribution in [0.25, 0.3) is 0 Å². The van der Waals surface area contributed by atoms with Crippen LogP contribution in [0.5, 0.6) is 0 Å². The number of allylic oxidation sites excluding steroid dienone is 2. The number of hydrogen-bond acceptors (Lipinski definition) is 4. The molecule has 5 rings (SSSR count). The van der Waals surface area contributed by atoms with Crippen LogP contribution in [-0.2, 0) is 14.4 Å². The molecular weight excluding hydrogens is 564 g/mol. The quantitative estimate of drug-likeness (QED) is 0.290. The number of carboxylic acid groups (broad SMARTS) is 1. The van der Waals surface area contributed by atoms with Gasteiger partial charge in [-0.25, -0.2) is 0 Å². The highest BCUT2D eigenvalue weighted by Crippen LogP contribution is 2.75. The monoisotopic (exact) mass is 626 g/mol. The van der Waals surface area contributed by atoms with E-state index in [4.69, 9.17) is 0 Å². The van der Waals surface area contributed by atoms with E-state index in [2.05, 4.69) is 59.9 Å². The lowest BCUT2D eigenvalue weighted by Crippen LogP contribution is -2.66. The van der Waals surface area contributed by atoms with Crippen LogP contribution in [0.15, 0.2) is 11.6 Å². The van der Waals surface area contributed by atoms with Crippen molar-refractivity contribution in [2.75, 3.05) is 13.1 Å². The minimum Gasteiger partial charge on any atom is -0.480 e. The Labute approximate surface area is 272 Å². The number of fused-ring (bicyclic) bond motifs is 7. The Hall–Kier alpha value is -1.89. The number of aliphatic hydroxyl groups excluding tert-OH is 1. The number of rotatable bonds is 5. The Morgan fingerprint density at radius 3 is 2.20 bits per heavy atom. The highest BCUT2D eigenvalue weighted by atomic mass is 16.4. The summed E-state index contributed by atoms with van der Waals surface area (Å²) in [5.41, 5.74) is 0.317. The predicted molar refractivity (Wildman–Crippen MR) is 177 cm³/mol. The number of carbonyl (C=O) groups excluding carboxylic acids is 2. The molecule has 0 aromatic rings. The second kappa shape index (κ2) is 11.1. The summed E-state index contributed by atoms with van der Waals surface area (Å²) < 4.78 is 0. The second-order valence-electron chi connectivity index (χ2n) is 18.5. The third kappa shape index (κ3) is 5.20. The fourth-order valence-corrected chi connectivity index (χ4v) is 12.2. The van der Waals surface area contributed by atoms with Crippen LogP contribution in [-0.4, -0.2) is 57.6 Å². The van der Waals surface area contributed by atoms with Gasteiger partial charge in [0.25, 0.3) is 0 Å². The summed E-state index contributed by atoms with van der Waals surface area (Å²) in [6.45, 7) is 21.7. The number of hydrogen-bond donors (Lipinski definition) is 3. The Bertz CT molecular complexity index is 1250. The van der Waals surface area contributed by atoms with Gasteiger partial charge in [-0.05, 0) is 130 Å². The van der Waals surface area contributed by atoms with Crippen molar-refractivity contribution in [1.29, 1.82) is 0 Å². The molecule has 254 valence electrons. The van der Waals surface area contributed by atoms with Crippen molar-refractivity contribution >= 4 is 17.8 Å². The highest BCUT2D eigenvalue weighted by Gasteiger charge is 2.69. The molecule has 0 aromatic heterocycles. The molecule has 5 aliphatic carbocycles. The number of nitrogens with zero attached hydrogens (tertiary/aromatic N) is 1. The highest BCUT2D eigenvalue weighted by molar-refractivity contribution is 5.91. The fourth-order valence-electron chi connectivity index (χ4n) is 12.2. The van der Waals surface area contributed by atoms with E-state index >= 15 is 0 Å². The van der Waals surface area contributed by atoms with Crippen LogP contribution >= 0.6 is 0 Å². The van der Waals surface area contributed by atoms with Crippen LogP contribution < -0.4 is 5.32 Å². The Morgan fingerprint density at radius 1 is 0.911 bits per heavy atom. The third-order valence-electron chi connectivity index (χ3n) is 14.9. The minimum atomic E-state index is -1.09. The summed E-state index contributed by atoms with van der Waals surface area (Å²) in [7, 11) is 0. The Morgan fingerprint density at radius 2 is 1.58 bits per heavy atom. The van der Waals surface area contributed by atoms with Gasteiger partial charge in [0.1, 0.15) is 13.1 Å². The zero-order chi connectivity index (χ0) is 33.5. The number of nitrogens with one attached hydrogen (secondary N) is 1. The Balaban J connectivity index is 1.56. The van der Waals surface area contributed by atoms with Gasteiger partial charge in [0, 0.05) is 5.54 Å². The zero-order valence-electron chi connectivity index (χ0n) is 29.9. The van der Waals surface area contributed by atoms with E-state index < -0.39 is 23.5 Å². The van der Waals surface area contributed by atoms with Gasteiger partial charge >= 0.3 is 5.97 Å². The van der Waals surface area contributed by atoms with Gasteiger partial charge in [-0.2, -0.15) is 0 Å². The summed E-state index contributed by atoms with van der Waals surface area (Å²) in [6, 6.07) is 0. The average Bonchev–Trinajstić information content (AvgIpc) is 2.91. The van der Waals surface area contributed by atoms with E-state index in [1.165, 1.54) is 10.5 Å². The number of amides is 2. The standard InChI is InChI=1S/C38H62N2O5/c1-23-13-18-38(32(45)40(22-30(43)44)21-29(42)39-33(3,4)5)20-19-36(9)25(31(38)24(23)2)11-12-27-35(8)16-15-28(41)34(6,7)26(35)14-17-37(27,36)10/h11,23-24,26-28,31,41H,12-22H2,1-10H3,(H,39,42)(H,43,44)/t23-,24+,26+,27-,28+,31+,35+,36-,37-,38+/m1/s1. The molecule has 4 saturated carbocycles. The molecule has 0 aromatic carbocycles. The first-order valence-corrected chi connectivity index (χ1v) is 17.8. The van der Waals surface area contributed by atoms with Gasteiger partial charge in [-0.1, -0.05) is 60.1 Å². The smallest absolute Gasteiger partial charge is 0.323 e. The average molecular weight is 627 g/mol. The van der Waals surface area contributed by atoms with Gasteiger partial charge < -0.3 is 20.4 Å². The largest absolute Gasteiger partial charge is 0.480 e. The molecule has 0 aliphatic heterocycles. The van der Waals surface area contributed by atoms with E-state index in [0.717, 1.165) is 57.8 Å². The maximum atomic E-state index is 14.9. The first-order valence-electron chi connectivity index (χ1n) is 17.8. The molecule has 7 heteroatoms. The first-order chi connectivity index (χ1) is 20.6. The molecule has 7 nitrogen and oxygen atoms in total. The van der Waals surface area contributed by atoms with E-state index in [1.54, 1.807) is 0 Å². The molecule has 4 fully saturated rings. The van der Waals surface area contributed by atoms with E-state index in [-0.39, 0.29) is 58.0 Å². The van der Waals surface area contributed by atoms with Gasteiger partial charge in [-0.15, -0.1) is 0 Å². The summed E-state index contributed by atoms with van der Waals surface area (Å²) in [4.78, 5) is 41.4. The molecule has 0 bridgehead atoms. The minimum absolute atomic E-state index is 0.0300. The molecule has 3 N–H and O–H groups in total. The van der Waals surface area contributed by atoms with Crippen molar-refractivity contribution in [2.45, 2.75) is 139 Å². The van der Waals surface area contributed by atoms with Crippen molar-refractivity contribution in [2.24, 2.45) is 56.7 Å². The number of aliphatic hydroxyl groups is 1. The lowest BCUT2D eigenvalue weighted by Gasteiger charge is -2.71. The van der Waals surface area contributed by atoms with Crippen LogP contribution in [0.4, 0.5) is 0 Å². The molecule has 0 saturated heterocycles. The van der Waals surface area contributed by atoms with Gasteiger partial charge in [0.2, 0.25) is 11.8 Å². The molecule has 2 amide bonds. The van der Waals surface area contributed by atoms with E-state index in [0.29, 0.717) is 17.8 Å². The van der Waals surface area contributed by atoms with Crippen LogP contribution in [0, 0.1) is 56.7 Å². The van der Waals surface area contributed by atoms with Crippen molar-refractivity contribution in [3.8, 4) is 0 Å². The zero-order valence-corrected chi connectivity index (χ0v) is 29.9. The van der Waals surface area contributed by atoms with Crippen molar-refractivity contribution in [1.82, 2.24) is 10.2 Å². The van der Waals surface area contributed by atoms with Crippen molar-refractivity contribution < 1.29 is 24.6 Å². The normalized spacial score (nSPS) is 43.8. The SMILES string of the molecule is C[C@H]1[C@H](C)CC[C@]2(C(=O)N(CC(=O)O)CC(=O)NC(C)(C)C)CC[C@]3(C)C(=CC[C@@H]4[C@@]5(C)CC[C@H](O)C(C)(C)[C@@H]5CC[C@]43C)[C@H]12. The fraction of sp³-hybridized carbons (Fsp3) is 0.868. The maximum Gasteiger partial charge on any atom is 0.323 e. The predicted octanol–water partition coefficient (Wildman–Crippen LogP) is 6.83. The van der Waals surface area contributed by atoms with Crippen LogP contribution in [0.3, 0.4) is 0 Å². The second-order valence-corrected chi connectivity index (χ2v) is 18.5. The summed E-state index contributed by atoms with van der Waals surface area (Å²) in [6.07, 6.45) is 10.7. The molecule has 0 spiro atoms. The first kappa shape index (κ1) is 34.4. The molecule has 0 radical (unpaired) electrons. The van der Waals surface area contributed by atoms with Crippen molar-refractivity contribution in [3.05, 3.63) is 11.6 Å². The number of carbonyl (C=O) groups is 3. The molecule has 45 heavy (non-hydrogen) atoms. The van der Waals surface area contributed by atoms with E-state index in [1.807, 2.05) is 20.8 Å². The van der Waals surface area contributed by atoms with Crippen molar-refractivity contribution in [3.63, 3.8) is 0 Å². The molecule has 0 unspecified atom stereocenters. The molecule has 0 heterocycles. The van der Waals surface area contributed by atoms with Crippen LogP contribution in [0.1, 0.15) is 127 Å². The van der Waals surface area contributed by atoms with E-state index in [9.17, 15) is 24.6 Å². The number of carboxylic acids is 1. The summed E-state index contributed by atoms with van der Waals surface area (Å²) >= 11 is 0. The molecular formula is C38H62N2O5. The van der Waals surface area contributed by atoms with Gasteiger partial charge in [0.15, 0.2) is 0 Å². The summed E-state index contributed by atoms with van der Waals surface area (Å²) in [5, 5.41) is 23.9. The van der Waals surface area contributed by atoms with Gasteiger partial charge in [-0.3, -0.25) is 14.4 Å². The number of aliphatic carboxylic acids is 1. The topological polar surface area (TPSA) is 107 Å². The maximum absolute atomic E-state index is 14.9. The Kier molecular flexibility index (Phi) is 8.49. The molecule has 5 aliphatic rings. The molecule has 10 atom stereocenters. The lowest BCUT2D eigenvalue weighted by molar-refractivity contribution is -0.205. The lowest BCUT2D eigenvalue weighted by atomic mass is 9.33. The van der Waals surface area contributed by atoms with Gasteiger partial charge in [0.05, 0.1) is 11.5 Å². The third-order valence-corrected chi connectivity index (χ3v) is 14.9.